The number of nitrogens with zero attached hydrogens (tertiary/aromatic N) is 1. The molecule has 0 N–H and O–H groups in total. The molecule has 6 nitrogen and oxygen atoms in total. The monoisotopic (exact) mass is 409 g/mol. The summed E-state index contributed by atoms with van der Waals surface area (Å²) < 4.78 is 30.8. The van der Waals surface area contributed by atoms with Gasteiger partial charge in [0.2, 0.25) is 0 Å². The number of methoxy groups -OCH3 is 1. The molecule has 28 heavy (non-hydrogen) atoms. The largest absolute Gasteiger partial charge is 0.476 e. The van der Waals surface area contributed by atoms with Crippen LogP contribution in [0.1, 0.15) is 49.9 Å². The van der Waals surface area contributed by atoms with Crippen molar-refractivity contribution in [3.63, 3.8) is 0 Å². The van der Waals surface area contributed by atoms with E-state index >= 15 is 0 Å². The Morgan fingerprint density at radius 2 is 1.79 bits per heavy atom. The molecule has 0 aliphatic heterocycles. The van der Waals surface area contributed by atoms with Crippen LogP contribution in [-0.2, 0) is 14.3 Å². The second-order valence-corrected chi connectivity index (χ2v) is 8.95. The predicted octanol–water partition coefficient (Wildman–Crippen LogP) is 4.54. The van der Waals surface area contributed by atoms with Crippen molar-refractivity contribution >= 4 is 23.3 Å². The van der Waals surface area contributed by atoms with Gasteiger partial charge in [-0.25, -0.2) is 19.0 Å². The minimum absolute atomic E-state index is 0.0935. The van der Waals surface area contributed by atoms with Crippen LogP contribution < -0.4 is 4.74 Å². The van der Waals surface area contributed by atoms with Crippen LogP contribution in [0.15, 0.2) is 18.3 Å². The van der Waals surface area contributed by atoms with Crippen molar-refractivity contribution in [2.75, 3.05) is 7.11 Å². The first-order valence-electron chi connectivity index (χ1n) is 8.61. The molecular formula is C20H24FNO5S. The number of esters is 2. The minimum Gasteiger partial charge on any atom is -0.476 e. The van der Waals surface area contributed by atoms with E-state index in [1.54, 1.807) is 27.0 Å². The fourth-order valence-electron chi connectivity index (χ4n) is 2.29. The number of rotatable bonds is 5. The van der Waals surface area contributed by atoms with Gasteiger partial charge in [-0.15, -0.1) is 11.3 Å². The quantitative estimate of drug-likeness (QED) is 0.675. The third-order valence-electron chi connectivity index (χ3n) is 3.57. The summed E-state index contributed by atoms with van der Waals surface area (Å²) in [5.74, 6) is -2.08. The van der Waals surface area contributed by atoms with Gasteiger partial charge < -0.3 is 14.2 Å². The van der Waals surface area contributed by atoms with Crippen molar-refractivity contribution in [2.24, 2.45) is 0 Å². The molecule has 0 amide bonds. The molecular weight excluding hydrogens is 385 g/mol. The zero-order valence-corrected chi connectivity index (χ0v) is 17.8. The summed E-state index contributed by atoms with van der Waals surface area (Å²) in [6.45, 7) is 10.2. The van der Waals surface area contributed by atoms with Gasteiger partial charge in [-0.05, 0) is 53.7 Å². The van der Waals surface area contributed by atoms with Crippen molar-refractivity contribution in [1.82, 2.24) is 4.98 Å². The average molecular weight is 409 g/mol. The number of ether oxygens (including phenoxy) is 3. The van der Waals surface area contributed by atoms with E-state index in [2.05, 4.69) is 9.72 Å². The van der Waals surface area contributed by atoms with E-state index in [4.69, 9.17) is 9.47 Å². The average Bonchev–Trinajstić information content (AvgIpc) is 3.00. The summed E-state index contributed by atoms with van der Waals surface area (Å²) in [5, 5.41) is 0.390. The van der Waals surface area contributed by atoms with Crippen LogP contribution in [0.25, 0.3) is 10.6 Å². The molecule has 0 spiro atoms. The Morgan fingerprint density at radius 1 is 1.14 bits per heavy atom. The Bertz CT molecular complexity index is 898. The molecule has 0 bridgehead atoms. The third-order valence-corrected chi connectivity index (χ3v) is 4.51. The molecule has 8 heteroatoms. The first kappa shape index (κ1) is 21.8. The lowest BCUT2D eigenvalue weighted by atomic mass is 10.1. The maximum absolute atomic E-state index is 14.9. The molecule has 0 saturated heterocycles. The van der Waals surface area contributed by atoms with Crippen molar-refractivity contribution in [3.05, 3.63) is 34.6 Å². The molecule has 0 aliphatic rings. The van der Waals surface area contributed by atoms with Gasteiger partial charge in [-0.3, -0.25) is 0 Å². The van der Waals surface area contributed by atoms with Crippen LogP contribution >= 0.6 is 11.3 Å². The van der Waals surface area contributed by atoms with Gasteiger partial charge in [0.05, 0.1) is 18.2 Å². The van der Waals surface area contributed by atoms with Crippen molar-refractivity contribution in [1.29, 1.82) is 0 Å². The van der Waals surface area contributed by atoms with Crippen LogP contribution in [0.3, 0.4) is 0 Å². The number of aromatic nitrogens is 1. The van der Waals surface area contributed by atoms with Crippen LogP contribution in [0, 0.1) is 12.7 Å². The zero-order valence-electron chi connectivity index (χ0n) is 17.0. The third kappa shape index (κ3) is 5.07. The number of carbonyl (C=O) groups excluding carboxylic acids is 2. The van der Waals surface area contributed by atoms with Gasteiger partial charge in [0.15, 0.2) is 5.60 Å². The number of thiazole rings is 1. The molecule has 0 radical (unpaired) electrons. The van der Waals surface area contributed by atoms with Gasteiger partial charge in [0, 0.05) is 11.1 Å². The number of benzene rings is 1. The van der Waals surface area contributed by atoms with E-state index < -0.39 is 29.0 Å². The molecule has 0 atom stereocenters. The normalized spacial score (nSPS) is 11.9. The summed E-state index contributed by atoms with van der Waals surface area (Å²) in [4.78, 5) is 29.6. The molecule has 2 aromatic rings. The maximum Gasteiger partial charge on any atom is 0.350 e. The molecule has 152 valence electrons. The maximum atomic E-state index is 14.9. The summed E-state index contributed by atoms with van der Waals surface area (Å²) in [7, 11) is 1.16. The van der Waals surface area contributed by atoms with Crippen LogP contribution in [0.2, 0.25) is 0 Å². The molecule has 0 unspecified atom stereocenters. The summed E-state index contributed by atoms with van der Waals surface area (Å²) in [5.41, 5.74) is -2.27. The molecule has 1 aromatic heterocycles. The van der Waals surface area contributed by atoms with Gasteiger partial charge in [0.25, 0.3) is 0 Å². The molecule has 0 saturated carbocycles. The topological polar surface area (TPSA) is 74.7 Å². The van der Waals surface area contributed by atoms with Crippen LogP contribution in [0.5, 0.6) is 5.75 Å². The predicted molar refractivity (Wildman–Crippen MR) is 104 cm³/mol. The molecule has 0 aliphatic carbocycles. The van der Waals surface area contributed by atoms with Crippen molar-refractivity contribution in [2.45, 2.75) is 52.7 Å². The van der Waals surface area contributed by atoms with E-state index in [9.17, 15) is 14.0 Å². The first-order chi connectivity index (χ1) is 12.8. The zero-order chi connectivity index (χ0) is 21.3. The lowest BCUT2D eigenvalue weighted by Crippen LogP contribution is -2.43. The Morgan fingerprint density at radius 3 is 2.29 bits per heavy atom. The molecule has 1 aromatic carbocycles. The highest BCUT2D eigenvalue weighted by Crippen LogP contribution is 2.34. The van der Waals surface area contributed by atoms with E-state index in [1.807, 2.05) is 6.92 Å². The highest BCUT2D eigenvalue weighted by molar-refractivity contribution is 7.14. The Labute approximate surface area is 167 Å². The van der Waals surface area contributed by atoms with Gasteiger partial charge in [-0.2, -0.15) is 0 Å². The van der Waals surface area contributed by atoms with Gasteiger partial charge >= 0.3 is 11.9 Å². The van der Waals surface area contributed by atoms with Crippen molar-refractivity contribution in [3.8, 4) is 16.3 Å². The van der Waals surface area contributed by atoms with Gasteiger partial charge in [-0.1, -0.05) is 0 Å². The van der Waals surface area contributed by atoms with Crippen molar-refractivity contribution < 1.29 is 28.2 Å². The Balaban J connectivity index is 2.49. The fourth-order valence-corrected chi connectivity index (χ4v) is 3.06. The highest BCUT2D eigenvalue weighted by atomic mass is 32.1. The number of carbonyl (C=O) groups is 2. The lowest BCUT2D eigenvalue weighted by Gasteiger charge is -2.29. The minimum atomic E-state index is -1.37. The SMILES string of the molecule is COC(=O)c1cc(OC(C)(C)C(=O)OC(C)(C)C)cc(-c2ncc(C)s2)c1F. The Kier molecular flexibility index (Phi) is 6.13. The number of halogens is 1. The fraction of sp³-hybridized carbons (Fsp3) is 0.450. The Hall–Kier alpha value is -2.48. The second-order valence-electron chi connectivity index (χ2n) is 7.71. The van der Waals surface area contributed by atoms with Crippen LogP contribution in [0.4, 0.5) is 4.39 Å². The van der Waals surface area contributed by atoms with Gasteiger partial charge in [0.1, 0.15) is 22.2 Å². The number of aryl methyl sites for hydroxylation is 1. The van der Waals surface area contributed by atoms with E-state index in [0.717, 1.165) is 12.0 Å². The molecule has 1 heterocycles. The summed E-state index contributed by atoms with van der Waals surface area (Å²) in [6, 6.07) is 2.61. The number of hydrogen-bond acceptors (Lipinski definition) is 7. The summed E-state index contributed by atoms with van der Waals surface area (Å²) in [6.07, 6.45) is 1.61. The summed E-state index contributed by atoms with van der Waals surface area (Å²) >= 11 is 1.27. The second kappa shape index (κ2) is 7.87. The first-order valence-corrected chi connectivity index (χ1v) is 9.43. The number of hydrogen-bond donors (Lipinski definition) is 0. The highest BCUT2D eigenvalue weighted by Gasteiger charge is 2.35. The van der Waals surface area contributed by atoms with E-state index in [0.29, 0.717) is 5.01 Å². The van der Waals surface area contributed by atoms with Crippen LogP contribution in [-0.4, -0.2) is 35.2 Å². The smallest absolute Gasteiger partial charge is 0.350 e. The molecule has 2 rings (SSSR count). The van der Waals surface area contributed by atoms with E-state index in [-0.39, 0.29) is 16.9 Å². The van der Waals surface area contributed by atoms with E-state index in [1.165, 1.54) is 37.3 Å². The standard InChI is InChI=1S/C20H24FNO5S/c1-11-10-22-16(28-11)13-8-12(9-14(15(13)21)17(23)25-7)26-20(5,6)18(24)27-19(2,3)4/h8-10H,1-7H3. The molecule has 0 fully saturated rings. The lowest BCUT2D eigenvalue weighted by molar-refractivity contribution is -0.170.